The highest BCUT2D eigenvalue weighted by molar-refractivity contribution is 7.97. The molecule has 90 valence electrons. The Morgan fingerprint density at radius 3 is 1.87 bits per heavy atom. The summed E-state index contributed by atoms with van der Waals surface area (Å²) in [6, 6.07) is 0. The highest BCUT2D eigenvalue weighted by atomic mass is 32.3. The van der Waals surface area contributed by atoms with Crippen molar-refractivity contribution in [2.45, 2.75) is 5.18 Å². The molecule has 0 spiro atoms. The van der Waals surface area contributed by atoms with Gasteiger partial charge in [0.05, 0.1) is 14.2 Å². The minimum atomic E-state index is -4.50. The highest BCUT2D eigenvalue weighted by Crippen LogP contribution is 2.33. The van der Waals surface area contributed by atoms with Crippen molar-refractivity contribution in [2.24, 2.45) is 0 Å². The van der Waals surface area contributed by atoms with Crippen LogP contribution in [-0.4, -0.2) is 42.5 Å². The fourth-order valence-corrected chi connectivity index (χ4v) is 3.91. The monoisotopic (exact) mass is 281 g/mol. The van der Waals surface area contributed by atoms with Crippen LogP contribution in [0.3, 0.4) is 0 Å². The summed E-state index contributed by atoms with van der Waals surface area (Å²) in [7, 11) is -9.60. The summed E-state index contributed by atoms with van der Waals surface area (Å²) in [5.74, 6) is 0. The van der Waals surface area contributed by atoms with Crippen molar-refractivity contribution in [3.8, 4) is 0 Å². The van der Waals surface area contributed by atoms with Gasteiger partial charge in [-0.2, -0.15) is 12.6 Å². The summed E-state index contributed by atoms with van der Waals surface area (Å²) in [6.07, 6.45) is 0.662. The van der Waals surface area contributed by atoms with Gasteiger partial charge in [-0.3, -0.25) is 4.18 Å². The summed E-state index contributed by atoms with van der Waals surface area (Å²) < 4.78 is 66.8. The Balaban J connectivity index is 5.10. The molecule has 2 atom stereocenters. The van der Waals surface area contributed by atoms with Crippen LogP contribution in [0.15, 0.2) is 0 Å². The molecule has 0 aromatic rings. The van der Waals surface area contributed by atoms with Gasteiger partial charge < -0.3 is 0 Å². The minimum Gasteiger partial charge on any atom is -0.251 e. The molecule has 0 saturated carbocycles. The second-order valence-corrected chi connectivity index (χ2v) is 7.46. The van der Waals surface area contributed by atoms with E-state index in [4.69, 9.17) is 0 Å². The molecule has 0 bridgehead atoms. The first-order valence-corrected chi connectivity index (χ1v) is 7.85. The zero-order chi connectivity index (χ0) is 12.3. The molecule has 0 aliphatic heterocycles. The Bertz CT molecular complexity index is 422. The van der Waals surface area contributed by atoms with Crippen LogP contribution in [0.1, 0.15) is 0 Å². The lowest BCUT2D eigenvalue weighted by Gasteiger charge is -2.04. The van der Waals surface area contributed by atoms with Crippen LogP contribution in [0.2, 0.25) is 0 Å². The fourth-order valence-electron chi connectivity index (χ4n) is 0.489. The van der Waals surface area contributed by atoms with Crippen molar-refractivity contribution in [1.29, 1.82) is 0 Å². The summed E-state index contributed by atoms with van der Waals surface area (Å²) in [5, 5.41) is -2.11. The zero-order valence-electron chi connectivity index (χ0n) is 8.11. The largest absolute Gasteiger partial charge is 0.558 e. The van der Waals surface area contributed by atoms with Crippen molar-refractivity contribution in [2.75, 3.05) is 20.5 Å². The Kier molecular flexibility index (Phi) is 5.24. The maximum atomic E-state index is 11.1. The average Bonchev–Trinajstić information content (AvgIpc) is 2.11. The zero-order valence-corrected chi connectivity index (χ0v) is 10.6. The Morgan fingerprint density at radius 1 is 1.13 bits per heavy atom. The van der Waals surface area contributed by atoms with Gasteiger partial charge in [0.25, 0.3) is 0 Å². The molecule has 0 heterocycles. The molecular formula is C4H10O8PS2+. The van der Waals surface area contributed by atoms with Crippen LogP contribution in [0.4, 0.5) is 0 Å². The van der Waals surface area contributed by atoms with Crippen molar-refractivity contribution in [3.05, 3.63) is 0 Å². The van der Waals surface area contributed by atoms with Gasteiger partial charge in [-0.1, -0.05) is 0 Å². The predicted octanol–water partition coefficient (Wildman–Crippen LogP) is -0.389. The molecule has 0 saturated heterocycles. The van der Waals surface area contributed by atoms with Gasteiger partial charge in [0.15, 0.2) is 0 Å². The number of sulfone groups is 1. The standard InChI is InChI=1S/C4H10O8PS2/c1-10-13(5)4(14(3,6)7)12-15(8,9)11-2/h4H,1-3H3/q+1. The van der Waals surface area contributed by atoms with Gasteiger partial charge in [0.1, 0.15) is 0 Å². The van der Waals surface area contributed by atoms with E-state index in [0.717, 1.165) is 14.2 Å². The third-order valence-electron chi connectivity index (χ3n) is 1.12. The van der Waals surface area contributed by atoms with Crippen molar-refractivity contribution < 1.29 is 34.3 Å². The molecule has 0 amide bonds. The Hall–Kier alpha value is -0.120. The highest BCUT2D eigenvalue weighted by Gasteiger charge is 2.46. The summed E-state index contributed by atoms with van der Waals surface area (Å²) in [5.41, 5.74) is 0. The van der Waals surface area contributed by atoms with Crippen molar-refractivity contribution >= 4 is 28.3 Å². The quantitative estimate of drug-likeness (QED) is 0.605. The lowest BCUT2D eigenvalue weighted by Crippen LogP contribution is -2.24. The van der Waals surface area contributed by atoms with Crippen molar-refractivity contribution in [3.63, 3.8) is 0 Å². The van der Waals surface area contributed by atoms with E-state index in [9.17, 15) is 21.4 Å². The van der Waals surface area contributed by atoms with Crippen LogP contribution in [-0.2, 0) is 37.7 Å². The fraction of sp³-hybridized carbons (Fsp3) is 1.00. The maximum Gasteiger partial charge on any atom is 0.558 e. The topological polar surface area (TPSA) is 113 Å². The van der Waals surface area contributed by atoms with E-state index in [2.05, 4.69) is 12.9 Å². The Morgan fingerprint density at radius 2 is 1.60 bits per heavy atom. The SMILES string of the molecule is CO[P+](=O)C(OS(=O)(=O)OC)S(C)(=O)=O. The molecule has 15 heavy (non-hydrogen) atoms. The molecule has 2 unspecified atom stereocenters. The number of hydrogen-bond donors (Lipinski definition) is 0. The molecule has 0 aromatic carbocycles. The van der Waals surface area contributed by atoms with E-state index in [1.54, 1.807) is 0 Å². The first-order chi connectivity index (χ1) is 6.64. The van der Waals surface area contributed by atoms with Gasteiger partial charge in [-0.15, -0.1) is 4.52 Å². The lowest BCUT2D eigenvalue weighted by atomic mass is 11.7. The molecule has 0 fully saturated rings. The molecule has 8 nitrogen and oxygen atoms in total. The number of hydrogen-bond acceptors (Lipinski definition) is 8. The summed E-state index contributed by atoms with van der Waals surface area (Å²) in [6.45, 7) is 0. The minimum absolute atomic E-state index is 0.662. The van der Waals surface area contributed by atoms with Crippen molar-refractivity contribution in [1.82, 2.24) is 0 Å². The van der Waals surface area contributed by atoms with E-state index in [1.165, 1.54) is 0 Å². The van der Waals surface area contributed by atoms with Gasteiger partial charge in [-0.05, 0) is 4.57 Å². The van der Waals surface area contributed by atoms with Crippen LogP contribution in [0.25, 0.3) is 0 Å². The van der Waals surface area contributed by atoms with Crippen LogP contribution < -0.4 is 0 Å². The van der Waals surface area contributed by atoms with E-state index in [1.807, 2.05) is 0 Å². The molecule has 0 radical (unpaired) electrons. The average molecular weight is 281 g/mol. The third-order valence-corrected chi connectivity index (χ3v) is 5.53. The van der Waals surface area contributed by atoms with E-state index in [0.29, 0.717) is 6.26 Å². The van der Waals surface area contributed by atoms with Gasteiger partial charge in [0, 0.05) is 6.26 Å². The third kappa shape index (κ3) is 4.96. The summed E-state index contributed by atoms with van der Waals surface area (Å²) in [4.78, 5) is 0. The van der Waals surface area contributed by atoms with Gasteiger partial charge in [-0.25, -0.2) is 8.42 Å². The van der Waals surface area contributed by atoms with Gasteiger partial charge in [0.2, 0.25) is 9.84 Å². The summed E-state index contributed by atoms with van der Waals surface area (Å²) >= 11 is 0. The van der Waals surface area contributed by atoms with E-state index >= 15 is 0 Å². The smallest absolute Gasteiger partial charge is 0.251 e. The molecular weight excluding hydrogens is 271 g/mol. The molecule has 0 aliphatic carbocycles. The molecule has 11 heteroatoms. The molecule has 0 aliphatic rings. The second kappa shape index (κ2) is 5.28. The van der Waals surface area contributed by atoms with Gasteiger partial charge >= 0.3 is 23.6 Å². The normalized spacial score (nSPS) is 16.1. The molecule has 0 N–H and O–H groups in total. The lowest BCUT2D eigenvalue weighted by molar-refractivity contribution is 0.245. The van der Waals surface area contributed by atoms with Crippen LogP contribution in [0.5, 0.6) is 0 Å². The van der Waals surface area contributed by atoms with Crippen LogP contribution in [0, 0.1) is 0 Å². The Labute approximate surface area is 88.6 Å². The van der Waals surface area contributed by atoms with Crippen LogP contribution >= 0.6 is 8.03 Å². The van der Waals surface area contributed by atoms with E-state index in [-0.39, 0.29) is 0 Å². The second-order valence-electron chi connectivity index (χ2n) is 2.28. The number of rotatable bonds is 6. The maximum absolute atomic E-state index is 11.1. The molecule has 0 aromatic heterocycles. The predicted molar refractivity (Wildman–Crippen MR) is 50.3 cm³/mol. The first kappa shape index (κ1) is 14.9. The first-order valence-electron chi connectivity index (χ1n) is 3.32. The van der Waals surface area contributed by atoms with E-state index < -0.39 is 33.4 Å². The molecule has 0 rings (SSSR count).